The number of aromatic nitrogens is 1. The molecule has 1 aliphatic rings. The van der Waals surface area contributed by atoms with Crippen LogP contribution in [0, 0.1) is 5.92 Å². The molecule has 1 aliphatic carbocycles. The van der Waals surface area contributed by atoms with Gasteiger partial charge in [-0.1, -0.05) is 25.8 Å². The first-order valence-electron chi connectivity index (χ1n) is 7.66. The van der Waals surface area contributed by atoms with Crippen LogP contribution in [0.15, 0.2) is 18.3 Å². The van der Waals surface area contributed by atoms with Crippen molar-refractivity contribution >= 4 is 5.82 Å². The van der Waals surface area contributed by atoms with Crippen LogP contribution in [0.25, 0.3) is 0 Å². The van der Waals surface area contributed by atoms with Gasteiger partial charge >= 0.3 is 0 Å². The van der Waals surface area contributed by atoms with Gasteiger partial charge in [0.15, 0.2) is 0 Å². The molecule has 1 aromatic heterocycles. The number of hydrogen-bond acceptors (Lipinski definition) is 3. The van der Waals surface area contributed by atoms with Gasteiger partial charge in [0.05, 0.1) is 0 Å². The van der Waals surface area contributed by atoms with Crippen LogP contribution in [-0.4, -0.2) is 30.0 Å². The summed E-state index contributed by atoms with van der Waals surface area (Å²) in [5, 5.41) is 3.42. The van der Waals surface area contributed by atoms with Crippen molar-refractivity contribution in [3.8, 4) is 0 Å². The number of anilines is 1. The van der Waals surface area contributed by atoms with Gasteiger partial charge in [0.1, 0.15) is 5.82 Å². The molecule has 0 saturated heterocycles. The Balaban J connectivity index is 1.89. The third-order valence-corrected chi connectivity index (χ3v) is 3.92. The minimum absolute atomic E-state index is 0.911. The molecule has 0 radical (unpaired) electrons. The average Bonchev–Trinajstić information content (AvgIpc) is 2.90. The summed E-state index contributed by atoms with van der Waals surface area (Å²) in [5.41, 5.74) is 1.32. The first kappa shape index (κ1) is 14.3. The highest BCUT2D eigenvalue weighted by Crippen LogP contribution is 2.25. The zero-order chi connectivity index (χ0) is 13.5. The molecule has 3 nitrogen and oxygen atoms in total. The lowest BCUT2D eigenvalue weighted by Crippen LogP contribution is -2.24. The Morgan fingerprint density at radius 3 is 2.89 bits per heavy atom. The van der Waals surface area contributed by atoms with Crippen LogP contribution in [0.3, 0.4) is 0 Å². The van der Waals surface area contributed by atoms with Crippen molar-refractivity contribution in [1.29, 1.82) is 0 Å². The zero-order valence-corrected chi connectivity index (χ0v) is 12.4. The Kier molecular flexibility index (Phi) is 5.64. The van der Waals surface area contributed by atoms with Gasteiger partial charge in [0.2, 0.25) is 0 Å². The van der Waals surface area contributed by atoms with Gasteiger partial charge in [-0.2, -0.15) is 0 Å². The lowest BCUT2D eigenvalue weighted by atomic mass is 10.1. The minimum Gasteiger partial charge on any atom is -0.370 e. The van der Waals surface area contributed by atoms with Crippen molar-refractivity contribution in [3.63, 3.8) is 0 Å². The number of rotatable bonds is 7. The first-order chi connectivity index (χ1) is 9.29. The summed E-state index contributed by atoms with van der Waals surface area (Å²) in [7, 11) is 2.23. The topological polar surface area (TPSA) is 28.2 Å². The van der Waals surface area contributed by atoms with Crippen molar-refractivity contribution in [2.24, 2.45) is 5.92 Å². The fraction of sp³-hybridized carbons (Fsp3) is 0.688. The van der Waals surface area contributed by atoms with E-state index >= 15 is 0 Å². The maximum Gasteiger partial charge on any atom is 0.130 e. The van der Waals surface area contributed by atoms with Crippen molar-refractivity contribution < 1.29 is 0 Å². The second-order valence-corrected chi connectivity index (χ2v) is 5.79. The molecule has 1 heterocycles. The van der Waals surface area contributed by atoms with Crippen LogP contribution in [0.2, 0.25) is 0 Å². The lowest BCUT2D eigenvalue weighted by molar-refractivity contribution is 0.271. The molecule has 0 bridgehead atoms. The third-order valence-electron chi connectivity index (χ3n) is 3.92. The van der Waals surface area contributed by atoms with Gasteiger partial charge in [-0.15, -0.1) is 0 Å². The fourth-order valence-corrected chi connectivity index (χ4v) is 2.96. The number of hydrogen-bond donors (Lipinski definition) is 1. The molecule has 19 heavy (non-hydrogen) atoms. The van der Waals surface area contributed by atoms with Crippen LogP contribution in [-0.2, 0) is 6.54 Å². The van der Waals surface area contributed by atoms with Crippen molar-refractivity contribution in [2.45, 2.75) is 45.6 Å². The maximum absolute atomic E-state index is 4.46. The number of nitrogens with zero attached hydrogens (tertiary/aromatic N) is 2. The fourth-order valence-electron chi connectivity index (χ4n) is 2.96. The molecule has 0 aromatic carbocycles. The summed E-state index contributed by atoms with van der Waals surface area (Å²) in [6.07, 6.45) is 8.69. The highest BCUT2D eigenvalue weighted by molar-refractivity contribution is 5.43. The molecule has 2 rings (SSSR count). The molecule has 106 valence electrons. The second kappa shape index (κ2) is 7.49. The van der Waals surface area contributed by atoms with E-state index in [0.29, 0.717) is 0 Å². The molecule has 0 amide bonds. The van der Waals surface area contributed by atoms with E-state index in [1.807, 2.05) is 12.3 Å². The average molecular weight is 261 g/mol. The van der Waals surface area contributed by atoms with Gasteiger partial charge in [-0.25, -0.2) is 4.98 Å². The van der Waals surface area contributed by atoms with Gasteiger partial charge in [0.25, 0.3) is 0 Å². The Morgan fingerprint density at radius 2 is 2.16 bits per heavy atom. The van der Waals surface area contributed by atoms with Gasteiger partial charge in [0, 0.05) is 31.4 Å². The van der Waals surface area contributed by atoms with E-state index in [2.05, 4.69) is 35.2 Å². The predicted octanol–water partition coefficient (Wildman–Crippen LogP) is 3.53. The molecular weight excluding hydrogens is 234 g/mol. The molecule has 0 spiro atoms. The Hall–Kier alpha value is -1.09. The molecule has 1 N–H and O–H groups in total. The molecule has 0 aliphatic heterocycles. The number of nitrogens with one attached hydrogen (secondary N) is 1. The van der Waals surface area contributed by atoms with Crippen LogP contribution < -0.4 is 5.32 Å². The highest BCUT2D eigenvalue weighted by atomic mass is 15.1. The summed E-state index contributed by atoms with van der Waals surface area (Å²) < 4.78 is 0. The summed E-state index contributed by atoms with van der Waals surface area (Å²) in [6.45, 7) is 5.40. The monoisotopic (exact) mass is 261 g/mol. The molecular formula is C16H27N3. The SMILES string of the molecule is CCCNc1ncccc1CN(C)CC1CCCC1. The lowest BCUT2D eigenvalue weighted by Gasteiger charge is -2.22. The van der Waals surface area contributed by atoms with E-state index in [0.717, 1.165) is 31.2 Å². The van der Waals surface area contributed by atoms with E-state index in [1.165, 1.54) is 37.8 Å². The first-order valence-corrected chi connectivity index (χ1v) is 7.66. The Bertz CT molecular complexity index is 372. The molecule has 1 fully saturated rings. The van der Waals surface area contributed by atoms with Crippen molar-refractivity contribution in [2.75, 3.05) is 25.5 Å². The second-order valence-electron chi connectivity index (χ2n) is 5.79. The summed E-state index contributed by atoms with van der Waals surface area (Å²) in [6, 6.07) is 4.23. The van der Waals surface area contributed by atoms with Crippen LogP contribution in [0.4, 0.5) is 5.82 Å². The van der Waals surface area contributed by atoms with E-state index in [-0.39, 0.29) is 0 Å². The molecule has 3 heteroatoms. The zero-order valence-electron chi connectivity index (χ0n) is 12.4. The van der Waals surface area contributed by atoms with E-state index in [1.54, 1.807) is 0 Å². The Labute approximate surface area is 117 Å². The standard InChI is InChI=1S/C16H27N3/c1-3-10-17-16-15(9-6-11-18-16)13-19(2)12-14-7-4-5-8-14/h6,9,11,14H,3-5,7-8,10,12-13H2,1-2H3,(H,17,18). The molecule has 1 aromatic rings. The smallest absolute Gasteiger partial charge is 0.130 e. The highest BCUT2D eigenvalue weighted by Gasteiger charge is 2.17. The van der Waals surface area contributed by atoms with Gasteiger partial charge in [-0.3, -0.25) is 0 Å². The number of pyridine rings is 1. The minimum atomic E-state index is 0.911. The largest absolute Gasteiger partial charge is 0.370 e. The van der Waals surface area contributed by atoms with Crippen LogP contribution >= 0.6 is 0 Å². The summed E-state index contributed by atoms with van der Waals surface area (Å²) in [5.74, 6) is 1.97. The maximum atomic E-state index is 4.46. The Morgan fingerprint density at radius 1 is 1.37 bits per heavy atom. The molecule has 0 atom stereocenters. The normalized spacial score (nSPS) is 16.2. The van der Waals surface area contributed by atoms with Gasteiger partial charge < -0.3 is 10.2 Å². The van der Waals surface area contributed by atoms with E-state index in [9.17, 15) is 0 Å². The van der Waals surface area contributed by atoms with Crippen LogP contribution in [0.1, 0.15) is 44.6 Å². The van der Waals surface area contributed by atoms with Crippen molar-refractivity contribution in [1.82, 2.24) is 9.88 Å². The predicted molar refractivity (Wildman–Crippen MR) is 81.3 cm³/mol. The molecule has 1 saturated carbocycles. The molecule has 0 unspecified atom stereocenters. The summed E-state index contributed by atoms with van der Waals surface area (Å²) in [4.78, 5) is 6.91. The van der Waals surface area contributed by atoms with E-state index < -0.39 is 0 Å². The van der Waals surface area contributed by atoms with Gasteiger partial charge in [-0.05, 0) is 38.3 Å². The van der Waals surface area contributed by atoms with Crippen molar-refractivity contribution in [3.05, 3.63) is 23.9 Å². The van der Waals surface area contributed by atoms with Crippen LogP contribution in [0.5, 0.6) is 0 Å². The third kappa shape index (κ3) is 4.50. The quantitative estimate of drug-likeness (QED) is 0.814. The summed E-state index contributed by atoms with van der Waals surface area (Å²) >= 11 is 0. The van der Waals surface area contributed by atoms with E-state index in [4.69, 9.17) is 0 Å².